The van der Waals surface area contributed by atoms with E-state index in [2.05, 4.69) is 10.3 Å². The molecule has 0 aliphatic heterocycles. The average molecular weight is 296 g/mol. The van der Waals surface area contributed by atoms with Gasteiger partial charge in [0.25, 0.3) is 0 Å². The zero-order valence-electron chi connectivity index (χ0n) is 10.3. The van der Waals surface area contributed by atoms with Crippen molar-refractivity contribution in [3.63, 3.8) is 0 Å². The summed E-state index contributed by atoms with van der Waals surface area (Å²) in [6, 6.07) is 0. The second-order valence-electron chi connectivity index (χ2n) is 4.46. The summed E-state index contributed by atoms with van der Waals surface area (Å²) in [7, 11) is -4.82. The molecule has 0 bridgehead atoms. The summed E-state index contributed by atoms with van der Waals surface area (Å²) in [5, 5.41) is 2.22. The normalized spacial score (nSPS) is 12.3. The maximum absolute atomic E-state index is 12.8. The highest BCUT2D eigenvalue weighted by Crippen LogP contribution is 2.28. The molecule has 0 unspecified atom stereocenters. The lowest BCUT2D eigenvalue weighted by atomic mass is 10.2. The summed E-state index contributed by atoms with van der Waals surface area (Å²) >= 11 is 0.535. The van der Waals surface area contributed by atoms with E-state index in [0.29, 0.717) is 11.3 Å². The first kappa shape index (κ1) is 14.8. The van der Waals surface area contributed by atoms with Crippen LogP contribution in [0.4, 0.5) is 13.8 Å². The number of hydrogen-bond donors (Lipinski definition) is 1. The largest absolute Gasteiger partial charge is 0.444 e. The van der Waals surface area contributed by atoms with Crippen LogP contribution >= 0.6 is 11.3 Å². The van der Waals surface area contributed by atoms with Crippen LogP contribution in [0.25, 0.3) is 0 Å². The SMILES string of the molecule is Cc1nc(NC(=O)OC(C)(C)C)sc1S(=O)(=O)F. The third-order valence-corrected chi connectivity index (χ3v) is 4.04. The van der Waals surface area contributed by atoms with Gasteiger partial charge in [-0.15, -0.1) is 0 Å². The molecule has 0 aromatic carbocycles. The third kappa shape index (κ3) is 4.22. The van der Waals surface area contributed by atoms with Gasteiger partial charge < -0.3 is 4.74 Å². The van der Waals surface area contributed by atoms with E-state index < -0.39 is 26.1 Å². The molecule has 0 atom stereocenters. The van der Waals surface area contributed by atoms with E-state index in [1.54, 1.807) is 20.8 Å². The van der Waals surface area contributed by atoms with Gasteiger partial charge in [-0.3, -0.25) is 5.32 Å². The Hall–Kier alpha value is -1.22. The van der Waals surface area contributed by atoms with Crippen LogP contribution < -0.4 is 5.32 Å². The lowest BCUT2D eigenvalue weighted by Gasteiger charge is -2.18. The first-order chi connectivity index (χ1) is 7.99. The fraction of sp³-hybridized carbons (Fsp3) is 0.556. The number of halogens is 1. The first-order valence-electron chi connectivity index (χ1n) is 4.91. The fourth-order valence-electron chi connectivity index (χ4n) is 1.05. The van der Waals surface area contributed by atoms with Gasteiger partial charge in [0.05, 0.1) is 5.69 Å². The third-order valence-electron chi connectivity index (χ3n) is 1.58. The van der Waals surface area contributed by atoms with Gasteiger partial charge in [-0.25, -0.2) is 9.78 Å². The molecular formula is C9H13FN2O4S2. The molecule has 0 aliphatic carbocycles. The molecule has 18 heavy (non-hydrogen) atoms. The number of ether oxygens (including phenoxy) is 1. The van der Waals surface area contributed by atoms with Gasteiger partial charge in [-0.05, 0) is 27.7 Å². The zero-order valence-corrected chi connectivity index (χ0v) is 11.9. The van der Waals surface area contributed by atoms with Crippen LogP contribution in [0.1, 0.15) is 26.5 Å². The fourth-order valence-corrected chi connectivity index (χ4v) is 2.77. The molecule has 102 valence electrons. The monoisotopic (exact) mass is 296 g/mol. The summed E-state index contributed by atoms with van der Waals surface area (Å²) in [5.41, 5.74) is -0.695. The Balaban J connectivity index is 2.85. The van der Waals surface area contributed by atoms with Crippen molar-refractivity contribution >= 4 is 32.8 Å². The summed E-state index contributed by atoms with van der Waals surface area (Å²) in [6.45, 7) is 6.37. The van der Waals surface area contributed by atoms with E-state index >= 15 is 0 Å². The van der Waals surface area contributed by atoms with Crippen LogP contribution in [0.3, 0.4) is 0 Å². The predicted molar refractivity (Wildman–Crippen MR) is 65.0 cm³/mol. The second-order valence-corrected chi connectivity index (χ2v) is 7.00. The Kier molecular flexibility index (Phi) is 3.96. The average Bonchev–Trinajstić information content (AvgIpc) is 2.41. The maximum atomic E-state index is 12.8. The van der Waals surface area contributed by atoms with Crippen LogP contribution in [-0.2, 0) is 15.0 Å². The number of rotatable bonds is 2. The van der Waals surface area contributed by atoms with Gasteiger partial charge >= 0.3 is 16.3 Å². The maximum Gasteiger partial charge on any atom is 0.413 e. The number of hydrogen-bond acceptors (Lipinski definition) is 6. The van der Waals surface area contributed by atoms with Gasteiger partial charge in [0, 0.05) is 0 Å². The molecular weight excluding hydrogens is 283 g/mol. The lowest BCUT2D eigenvalue weighted by molar-refractivity contribution is 0.0636. The van der Waals surface area contributed by atoms with Crippen LogP contribution in [0.5, 0.6) is 0 Å². The van der Waals surface area contributed by atoms with E-state index in [4.69, 9.17) is 4.74 Å². The minimum Gasteiger partial charge on any atom is -0.444 e. The Morgan fingerprint density at radius 1 is 1.44 bits per heavy atom. The Morgan fingerprint density at radius 2 is 2.00 bits per heavy atom. The highest BCUT2D eigenvalue weighted by molar-refractivity contribution is 7.88. The summed E-state index contributed by atoms with van der Waals surface area (Å²) in [6.07, 6.45) is -0.779. The van der Waals surface area contributed by atoms with E-state index in [-0.39, 0.29) is 10.8 Å². The number of nitrogens with one attached hydrogen (secondary N) is 1. The Bertz CT molecular complexity index is 560. The molecule has 1 heterocycles. The summed E-state index contributed by atoms with van der Waals surface area (Å²) in [5.74, 6) is 0. The van der Waals surface area contributed by atoms with Crippen molar-refractivity contribution < 1.29 is 21.8 Å². The van der Waals surface area contributed by atoms with Crippen LogP contribution in [0, 0.1) is 6.92 Å². The number of aromatic nitrogens is 1. The van der Waals surface area contributed by atoms with Crippen molar-refractivity contribution in [2.45, 2.75) is 37.5 Å². The van der Waals surface area contributed by atoms with Crippen molar-refractivity contribution in [1.29, 1.82) is 0 Å². The van der Waals surface area contributed by atoms with Crippen LogP contribution in [-0.4, -0.2) is 25.1 Å². The number of anilines is 1. The molecule has 1 aromatic heterocycles. The van der Waals surface area contributed by atoms with Crippen LogP contribution in [0.15, 0.2) is 4.21 Å². The predicted octanol–water partition coefficient (Wildman–Crippen LogP) is 2.46. The van der Waals surface area contributed by atoms with Crippen molar-refractivity contribution in [3.05, 3.63) is 5.69 Å². The van der Waals surface area contributed by atoms with Crippen LogP contribution in [0.2, 0.25) is 0 Å². The number of amides is 1. The zero-order chi connectivity index (χ0) is 14.1. The van der Waals surface area contributed by atoms with Gasteiger partial charge in [0.2, 0.25) is 0 Å². The number of carbonyl (C=O) groups excluding carboxylic acids is 1. The molecule has 1 aromatic rings. The quantitative estimate of drug-likeness (QED) is 0.847. The smallest absolute Gasteiger partial charge is 0.413 e. The van der Waals surface area contributed by atoms with E-state index in [0.717, 1.165) is 0 Å². The molecule has 0 saturated heterocycles. The molecule has 0 aliphatic rings. The summed E-state index contributed by atoms with van der Waals surface area (Å²) < 4.78 is 38.7. The molecule has 1 N–H and O–H groups in total. The van der Waals surface area contributed by atoms with Crippen molar-refractivity contribution in [3.8, 4) is 0 Å². The minimum absolute atomic E-state index is 0.00596. The first-order valence-corrected chi connectivity index (χ1v) is 7.11. The number of aryl methyl sites for hydroxylation is 1. The number of carbonyl (C=O) groups is 1. The minimum atomic E-state index is -4.82. The Morgan fingerprint density at radius 3 is 2.39 bits per heavy atom. The van der Waals surface area contributed by atoms with Gasteiger partial charge in [0.1, 0.15) is 5.60 Å². The Labute approximate surface area is 108 Å². The molecule has 0 saturated carbocycles. The molecule has 0 fully saturated rings. The van der Waals surface area contributed by atoms with E-state index in [1.165, 1.54) is 6.92 Å². The van der Waals surface area contributed by atoms with Crippen molar-refractivity contribution in [1.82, 2.24) is 4.98 Å². The summed E-state index contributed by atoms with van der Waals surface area (Å²) in [4.78, 5) is 15.1. The standard InChI is InChI=1S/C9H13FN2O4S2/c1-5-6(18(10,14)15)17-7(11-5)12-8(13)16-9(2,3)4/h1-4H3,(H,11,12,13). The van der Waals surface area contributed by atoms with Crippen molar-refractivity contribution in [2.75, 3.05) is 5.32 Å². The number of thiazole rings is 1. The molecule has 6 nitrogen and oxygen atoms in total. The number of nitrogens with zero attached hydrogens (tertiary/aromatic N) is 1. The topological polar surface area (TPSA) is 85.4 Å². The van der Waals surface area contributed by atoms with Gasteiger partial charge in [-0.2, -0.15) is 8.42 Å². The molecule has 1 rings (SSSR count). The molecule has 1 amide bonds. The lowest BCUT2D eigenvalue weighted by Crippen LogP contribution is -2.27. The highest BCUT2D eigenvalue weighted by Gasteiger charge is 2.23. The van der Waals surface area contributed by atoms with E-state index in [9.17, 15) is 17.1 Å². The second kappa shape index (κ2) is 4.81. The highest BCUT2D eigenvalue weighted by atomic mass is 32.3. The van der Waals surface area contributed by atoms with Gasteiger partial charge in [0.15, 0.2) is 9.34 Å². The van der Waals surface area contributed by atoms with Gasteiger partial charge in [-0.1, -0.05) is 15.2 Å². The molecule has 0 spiro atoms. The van der Waals surface area contributed by atoms with E-state index in [1.807, 2.05) is 0 Å². The van der Waals surface area contributed by atoms with Crippen molar-refractivity contribution in [2.24, 2.45) is 0 Å². The molecule has 0 radical (unpaired) electrons. The molecule has 9 heteroatoms.